The van der Waals surface area contributed by atoms with Gasteiger partial charge in [-0.2, -0.15) is 0 Å². The van der Waals surface area contributed by atoms with E-state index in [1.165, 1.54) is 0 Å². The Bertz CT molecular complexity index is 709. The molecule has 2 aromatic heterocycles. The van der Waals surface area contributed by atoms with Crippen molar-refractivity contribution in [2.75, 3.05) is 0 Å². The number of hydrogen-bond acceptors (Lipinski definition) is 6. The summed E-state index contributed by atoms with van der Waals surface area (Å²) in [5.41, 5.74) is -1.07. The van der Waals surface area contributed by atoms with Gasteiger partial charge in [-0.05, 0) is 19.1 Å². The molecule has 0 saturated heterocycles. The summed E-state index contributed by atoms with van der Waals surface area (Å²) in [5, 5.41) is 17.3. The van der Waals surface area contributed by atoms with Gasteiger partial charge in [0.25, 0.3) is 11.1 Å². The van der Waals surface area contributed by atoms with Crippen LogP contribution in [0.2, 0.25) is 0 Å². The third-order valence-corrected chi connectivity index (χ3v) is 1.93. The molecule has 10 heteroatoms. The zero-order chi connectivity index (χ0) is 13.7. The summed E-state index contributed by atoms with van der Waals surface area (Å²) >= 11 is 4.54. The Morgan fingerprint density at radius 3 is 2.10 bits per heavy atom. The largest absolute Gasteiger partial charge is 0.502 e. The summed E-state index contributed by atoms with van der Waals surface area (Å²) in [5.74, 6) is -0.206. The van der Waals surface area contributed by atoms with Crippen LogP contribution in [0.3, 0.4) is 0 Å². The third kappa shape index (κ3) is 6.74. The van der Waals surface area contributed by atoms with E-state index < -0.39 is 11.1 Å². The second-order valence-electron chi connectivity index (χ2n) is 3.14. The molecule has 0 saturated carbocycles. The van der Waals surface area contributed by atoms with Gasteiger partial charge in [-0.15, -0.1) is 0 Å². The molecule has 107 valence electrons. The van der Waals surface area contributed by atoms with Gasteiger partial charge in [0, 0.05) is 32.7 Å². The third-order valence-electron chi connectivity index (χ3n) is 1.71. The second-order valence-corrected chi connectivity index (χ2v) is 3.55. The average molecular weight is 375 g/mol. The van der Waals surface area contributed by atoms with E-state index in [-0.39, 0.29) is 56.4 Å². The van der Waals surface area contributed by atoms with Crippen molar-refractivity contribution < 1.29 is 42.9 Å². The van der Waals surface area contributed by atoms with Crippen molar-refractivity contribution in [3.8, 4) is 11.5 Å². The number of aryl methyl sites for hydroxylation is 1. The van der Waals surface area contributed by atoms with Crippen molar-refractivity contribution in [3.63, 3.8) is 0 Å². The van der Waals surface area contributed by atoms with Gasteiger partial charge in [-0.3, -0.25) is 14.6 Å². The van der Waals surface area contributed by atoms with E-state index in [0.717, 1.165) is 12.4 Å². The fraction of sp³-hybridized carbons (Fsp3) is 0.200. The predicted molar refractivity (Wildman–Crippen MR) is 71.9 cm³/mol. The molecular weight excluding hydrogens is 361 g/mol. The number of rotatable bonds is 0. The minimum atomic E-state index is -0.571. The molecule has 0 spiro atoms. The van der Waals surface area contributed by atoms with Gasteiger partial charge in [-0.1, -0.05) is 7.43 Å². The molecule has 0 bridgehead atoms. The molecule has 1 radical (unpaired) electrons. The summed E-state index contributed by atoms with van der Waals surface area (Å²) < 4.78 is 0.206. The molecule has 8 nitrogen and oxygen atoms in total. The zero-order valence-corrected chi connectivity index (χ0v) is 13.5. The molecule has 0 amide bonds. The quantitative estimate of drug-likeness (QED) is 0.427. The maximum Gasteiger partial charge on any atom is 0.293 e. The smallest absolute Gasteiger partial charge is 0.293 e. The molecule has 2 aromatic rings. The van der Waals surface area contributed by atoms with E-state index in [1.54, 1.807) is 6.92 Å². The van der Waals surface area contributed by atoms with Crippen LogP contribution in [0.1, 0.15) is 13.3 Å². The Labute approximate surface area is 144 Å². The minimum absolute atomic E-state index is 0. The van der Waals surface area contributed by atoms with E-state index >= 15 is 0 Å². The molecule has 0 aliphatic heterocycles. The van der Waals surface area contributed by atoms with Gasteiger partial charge < -0.3 is 20.2 Å². The zero-order valence-electron chi connectivity index (χ0n) is 9.80. The van der Waals surface area contributed by atoms with Crippen LogP contribution in [0.15, 0.2) is 22.0 Å². The fourth-order valence-corrected chi connectivity index (χ4v) is 1.03. The maximum atomic E-state index is 10.5. The standard InChI is InChI=1S/C5H6N2O2.C4H4N2O2S.CH4.Y/c1-3-6-2-4(8)5(9)7-3;7-2-1-5-4(9)6-3(2)8;;/h2,8H,1H3,(H,6,7,9);1,7H,(H2,5,6,8,9);1H4;. The Hall–Kier alpha value is -1.32. The van der Waals surface area contributed by atoms with E-state index in [4.69, 9.17) is 10.2 Å². The maximum absolute atomic E-state index is 10.5. The SMILES string of the molecule is C.Cc1ncc(O)c(=O)[nH]1.O=c1[nH]c(=S)[nH]cc1O.[Y]. The minimum Gasteiger partial charge on any atom is -0.502 e. The average Bonchev–Trinajstić information content (AvgIpc) is 2.30. The van der Waals surface area contributed by atoms with Crippen molar-refractivity contribution in [2.45, 2.75) is 14.4 Å². The van der Waals surface area contributed by atoms with Gasteiger partial charge in [-0.25, -0.2) is 4.98 Å². The number of aromatic hydroxyl groups is 2. The number of aromatic amines is 3. The molecular formula is C10H14N4O4SY. The van der Waals surface area contributed by atoms with Crippen LogP contribution in [0.25, 0.3) is 0 Å². The van der Waals surface area contributed by atoms with Gasteiger partial charge in [0.1, 0.15) is 5.82 Å². The summed E-state index contributed by atoms with van der Waals surface area (Å²) in [6.07, 6.45) is 2.26. The Morgan fingerprint density at radius 1 is 1.15 bits per heavy atom. The van der Waals surface area contributed by atoms with Gasteiger partial charge in [0.05, 0.1) is 12.4 Å². The number of nitrogens with zero attached hydrogens (tertiary/aromatic N) is 1. The number of aromatic nitrogens is 4. The Morgan fingerprint density at radius 2 is 1.70 bits per heavy atom. The first-order chi connectivity index (χ1) is 8.40. The van der Waals surface area contributed by atoms with Crippen LogP contribution in [0.5, 0.6) is 11.5 Å². The van der Waals surface area contributed by atoms with Crippen molar-refractivity contribution in [1.82, 2.24) is 19.9 Å². The number of nitrogens with one attached hydrogen (secondary N) is 3. The van der Waals surface area contributed by atoms with E-state index in [2.05, 4.69) is 32.2 Å². The van der Waals surface area contributed by atoms with Gasteiger partial charge in [0.15, 0.2) is 16.3 Å². The number of H-pyrrole nitrogens is 3. The molecule has 0 fully saturated rings. The van der Waals surface area contributed by atoms with Crippen LogP contribution >= 0.6 is 12.2 Å². The molecule has 5 N–H and O–H groups in total. The van der Waals surface area contributed by atoms with E-state index in [0.29, 0.717) is 5.82 Å². The van der Waals surface area contributed by atoms with Gasteiger partial charge >= 0.3 is 0 Å². The van der Waals surface area contributed by atoms with Crippen molar-refractivity contribution in [1.29, 1.82) is 0 Å². The first kappa shape index (κ1) is 21.0. The topological polar surface area (TPSA) is 135 Å². The van der Waals surface area contributed by atoms with Crippen LogP contribution in [-0.4, -0.2) is 30.1 Å². The summed E-state index contributed by atoms with van der Waals surface area (Å²) in [7, 11) is 0. The molecule has 0 unspecified atom stereocenters. The van der Waals surface area contributed by atoms with Crippen LogP contribution in [0, 0.1) is 11.7 Å². The first-order valence-corrected chi connectivity index (χ1v) is 5.07. The summed E-state index contributed by atoms with van der Waals surface area (Å²) in [6.45, 7) is 1.64. The Kier molecular flexibility index (Phi) is 10.0. The number of hydrogen-bond donors (Lipinski definition) is 5. The molecule has 20 heavy (non-hydrogen) atoms. The van der Waals surface area contributed by atoms with Crippen LogP contribution in [0.4, 0.5) is 0 Å². The monoisotopic (exact) mass is 375 g/mol. The fourth-order valence-electron chi connectivity index (χ4n) is 0.880. The molecule has 0 aliphatic rings. The van der Waals surface area contributed by atoms with Crippen molar-refractivity contribution in [2.24, 2.45) is 0 Å². The predicted octanol–water partition coefficient (Wildman–Crippen LogP) is 0.556. The normalized spacial score (nSPS) is 8.45. The summed E-state index contributed by atoms with van der Waals surface area (Å²) in [6, 6.07) is 0. The molecule has 2 heterocycles. The molecule has 0 atom stereocenters. The van der Waals surface area contributed by atoms with Crippen molar-refractivity contribution >= 4 is 12.2 Å². The van der Waals surface area contributed by atoms with Crippen molar-refractivity contribution in [3.05, 3.63) is 43.7 Å². The summed E-state index contributed by atoms with van der Waals surface area (Å²) in [4.78, 5) is 31.5. The van der Waals surface area contributed by atoms with E-state index in [1.807, 2.05) is 0 Å². The van der Waals surface area contributed by atoms with Crippen LogP contribution < -0.4 is 11.1 Å². The van der Waals surface area contributed by atoms with Crippen LogP contribution in [-0.2, 0) is 32.7 Å². The first-order valence-electron chi connectivity index (χ1n) is 4.66. The Balaban J connectivity index is 0. The van der Waals surface area contributed by atoms with Gasteiger partial charge in [0.2, 0.25) is 0 Å². The second kappa shape index (κ2) is 9.57. The molecule has 0 aromatic carbocycles. The molecule has 2 rings (SSSR count). The van der Waals surface area contributed by atoms with E-state index in [9.17, 15) is 9.59 Å². The molecule has 0 aliphatic carbocycles.